The predicted octanol–water partition coefficient (Wildman–Crippen LogP) is 7.09. The van der Waals surface area contributed by atoms with Crippen molar-refractivity contribution in [3.8, 4) is 0 Å². The number of rotatable bonds is 5. The molecule has 2 aliphatic carbocycles. The fraction of sp³-hybridized carbons (Fsp3) is 0.500. The van der Waals surface area contributed by atoms with Crippen molar-refractivity contribution < 1.29 is 17.1 Å². The molecule has 0 aromatic heterocycles. The second-order valence-electron chi connectivity index (χ2n) is 8.68. The zero-order chi connectivity index (χ0) is 19.8. The van der Waals surface area contributed by atoms with Crippen molar-refractivity contribution in [2.45, 2.75) is 70.0 Å². The van der Waals surface area contributed by atoms with Crippen LogP contribution < -0.4 is 10.6 Å². The molecule has 0 N–H and O–H groups in total. The summed E-state index contributed by atoms with van der Waals surface area (Å²) in [5.41, 5.74) is 0.798. The van der Waals surface area contributed by atoms with E-state index in [-0.39, 0.29) is 39.8 Å². The summed E-state index contributed by atoms with van der Waals surface area (Å²) in [5, 5.41) is 3.08. The maximum absolute atomic E-state index is 2.41. The molecular formula is C28H44FeNP. The van der Waals surface area contributed by atoms with E-state index in [9.17, 15) is 0 Å². The number of hydrogen-bond donors (Lipinski definition) is 0. The molecule has 0 amide bonds. The zero-order valence-electron chi connectivity index (χ0n) is 20.4. The van der Waals surface area contributed by atoms with Crippen molar-refractivity contribution >= 4 is 18.5 Å². The van der Waals surface area contributed by atoms with Crippen LogP contribution in [0.1, 0.15) is 58.3 Å². The van der Waals surface area contributed by atoms with E-state index in [1.807, 2.05) is 0 Å². The Hall–Kier alpha value is -0.651. The van der Waals surface area contributed by atoms with Crippen molar-refractivity contribution in [2.24, 2.45) is 5.92 Å². The van der Waals surface area contributed by atoms with Gasteiger partial charge in [0.05, 0.1) is 0 Å². The van der Waals surface area contributed by atoms with Gasteiger partial charge in [0.25, 0.3) is 0 Å². The fourth-order valence-electron chi connectivity index (χ4n) is 4.83. The zero-order valence-corrected chi connectivity index (χ0v) is 22.4. The van der Waals surface area contributed by atoms with E-state index in [0.717, 1.165) is 11.6 Å². The second-order valence-corrected chi connectivity index (χ2v) is 11.1. The van der Waals surface area contributed by atoms with Gasteiger partial charge in [0, 0.05) is 6.04 Å². The maximum atomic E-state index is 2.41. The largest absolute Gasteiger partial charge is 2.00 e. The van der Waals surface area contributed by atoms with E-state index >= 15 is 0 Å². The molecular weight excluding hydrogens is 437 g/mol. The van der Waals surface area contributed by atoms with Crippen molar-refractivity contribution in [3.63, 3.8) is 0 Å². The summed E-state index contributed by atoms with van der Waals surface area (Å²) in [6.45, 7) is 2.41. The van der Waals surface area contributed by atoms with E-state index in [2.05, 4.69) is 86.6 Å². The summed E-state index contributed by atoms with van der Waals surface area (Å²) in [5.74, 6) is 0.802. The molecule has 2 aliphatic rings. The SMILES string of the molecule is C1CCCC1.C[C@H](C1CCCC1P(c1ccccc1)c1ccccc1)N(C)C.[CH3-].[CH3-].[Fe+2]. The van der Waals surface area contributed by atoms with Gasteiger partial charge in [-0.15, -0.1) is 0 Å². The molecule has 2 unspecified atom stereocenters. The monoisotopic (exact) mass is 481 g/mol. The van der Waals surface area contributed by atoms with Gasteiger partial charge in [0.2, 0.25) is 0 Å². The van der Waals surface area contributed by atoms with Crippen molar-refractivity contribution in [1.82, 2.24) is 4.90 Å². The molecule has 3 atom stereocenters. The third-order valence-electron chi connectivity index (χ3n) is 6.62. The van der Waals surface area contributed by atoms with Crippen LogP contribution in [-0.4, -0.2) is 30.7 Å². The molecule has 31 heavy (non-hydrogen) atoms. The van der Waals surface area contributed by atoms with Crippen LogP contribution in [0.15, 0.2) is 60.7 Å². The molecule has 0 heterocycles. The molecule has 0 radical (unpaired) electrons. The van der Waals surface area contributed by atoms with Gasteiger partial charge in [0.15, 0.2) is 0 Å². The summed E-state index contributed by atoms with van der Waals surface area (Å²) < 4.78 is 0. The van der Waals surface area contributed by atoms with Crippen LogP contribution in [0.4, 0.5) is 0 Å². The minimum Gasteiger partial charge on any atom is -0.358 e. The maximum Gasteiger partial charge on any atom is 2.00 e. The molecule has 2 aromatic carbocycles. The first-order valence-corrected chi connectivity index (χ1v) is 12.7. The first-order chi connectivity index (χ1) is 13.7. The average molecular weight is 481 g/mol. The van der Waals surface area contributed by atoms with Gasteiger partial charge in [-0.2, -0.15) is 0 Å². The Balaban J connectivity index is 0.000000995. The van der Waals surface area contributed by atoms with Gasteiger partial charge in [-0.1, -0.05) is 99.2 Å². The van der Waals surface area contributed by atoms with Crippen LogP contribution in [0.5, 0.6) is 0 Å². The van der Waals surface area contributed by atoms with Gasteiger partial charge >= 0.3 is 17.1 Å². The van der Waals surface area contributed by atoms with Crippen molar-refractivity contribution in [2.75, 3.05) is 14.1 Å². The van der Waals surface area contributed by atoms with Gasteiger partial charge < -0.3 is 19.8 Å². The summed E-state index contributed by atoms with van der Waals surface area (Å²) >= 11 is 0. The Bertz CT molecular complexity index is 625. The Morgan fingerprint density at radius 3 is 1.52 bits per heavy atom. The summed E-state index contributed by atoms with van der Waals surface area (Å²) in [6, 6.07) is 23.1. The molecule has 2 saturated carbocycles. The third kappa shape index (κ3) is 8.66. The molecule has 3 heteroatoms. The smallest absolute Gasteiger partial charge is 0.358 e. The van der Waals surface area contributed by atoms with Crippen LogP contribution in [0.25, 0.3) is 0 Å². The molecule has 2 fully saturated rings. The van der Waals surface area contributed by atoms with E-state index < -0.39 is 0 Å². The molecule has 174 valence electrons. The van der Waals surface area contributed by atoms with Crippen LogP contribution in [0.2, 0.25) is 0 Å². The first-order valence-electron chi connectivity index (χ1n) is 11.2. The van der Waals surface area contributed by atoms with Gasteiger partial charge in [-0.3, -0.25) is 0 Å². The van der Waals surface area contributed by atoms with Crippen LogP contribution >= 0.6 is 7.92 Å². The first kappa shape index (κ1) is 30.3. The molecule has 0 bridgehead atoms. The van der Waals surface area contributed by atoms with Crippen molar-refractivity contribution in [3.05, 3.63) is 75.5 Å². The Morgan fingerprint density at radius 1 is 0.710 bits per heavy atom. The molecule has 2 aromatic rings. The van der Waals surface area contributed by atoms with E-state index in [0.29, 0.717) is 6.04 Å². The number of benzene rings is 2. The quantitative estimate of drug-likeness (QED) is 0.250. The van der Waals surface area contributed by atoms with Crippen LogP contribution in [0.3, 0.4) is 0 Å². The average Bonchev–Trinajstić information content (AvgIpc) is 3.45. The molecule has 0 spiro atoms. The molecule has 0 aliphatic heterocycles. The predicted molar refractivity (Wildman–Crippen MR) is 139 cm³/mol. The Kier molecular flexibility index (Phi) is 15.7. The van der Waals surface area contributed by atoms with Gasteiger partial charge in [0.1, 0.15) is 0 Å². The van der Waals surface area contributed by atoms with E-state index in [4.69, 9.17) is 0 Å². The molecule has 4 rings (SSSR count). The normalized spacial score (nSPS) is 20.7. The summed E-state index contributed by atoms with van der Waals surface area (Å²) in [7, 11) is 4.18. The standard InChI is InChI=1S/C21H28NP.C5H10.2CH3.Fe/c1-17(22(2)3)20-15-10-16-21(20)23(18-11-6-4-7-12-18)19-13-8-5-9-14-19;1-2-4-5-3-1;;;/h4-9,11-14,17,20-21H,10,15-16H2,1-3H3;1-5H2;2*1H3;/q;;2*-1;+2/t17-,20?,21?;;;;/m1..../s1. The summed E-state index contributed by atoms with van der Waals surface area (Å²) in [6.07, 6.45) is 11.6. The summed E-state index contributed by atoms with van der Waals surface area (Å²) in [4.78, 5) is 2.41. The second kappa shape index (κ2) is 16.0. The van der Waals surface area contributed by atoms with Gasteiger partial charge in [-0.05, 0) is 64.0 Å². The van der Waals surface area contributed by atoms with Gasteiger partial charge in [-0.25, -0.2) is 0 Å². The molecule has 0 saturated heterocycles. The fourth-order valence-corrected chi connectivity index (χ4v) is 8.10. The minimum atomic E-state index is -0.275. The minimum absolute atomic E-state index is 0. The van der Waals surface area contributed by atoms with Crippen molar-refractivity contribution in [1.29, 1.82) is 0 Å². The number of hydrogen-bond acceptors (Lipinski definition) is 1. The Labute approximate surface area is 205 Å². The Morgan fingerprint density at radius 2 is 1.13 bits per heavy atom. The third-order valence-corrected chi connectivity index (χ3v) is 9.63. The topological polar surface area (TPSA) is 3.24 Å². The van der Waals surface area contributed by atoms with E-state index in [1.165, 1.54) is 62.0 Å². The van der Waals surface area contributed by atoms with Crippen LogP contribution in [-0.2, 0) is 17.1 Å². The number of nitrogens with zero attached hydrogens (tertiary/aromatic N) is 1. The molecule has 1 nitrogen and oxygen atoms in total. The van der Waals surface area contributed by atoms with E-state index in [1.54, 1.807) is 0 Å². The van der Waals surface area contributed by atoms with Crippen LogP contribution in [0, 0.1) is 20.8 Å².